The van der Waals surface area contributed by atoms with Crippen LogP contribution in [-0.4, -0.2) is 14.1 Å². The third kappa shape index (κ3) is 12.2. The van der Waals surface area contributed by atoms with Crippen LogP contribution < -0.4 is 9.64 Å². The molecular weight excluding hydrogens is 486 g/mol. The number of hydrogen-bond donors (Lipinski definition) is 0. The molecule has 1 unspecified atom stereocenters. The van der Waals surface area contributed by atoms with Crippen LogP contribution in [0.4, 0.5) is 5.69 Å². The SMILES string of the molecule is CCCCCCCCCCCCCCCCCC(c1ccc(Oc2ccccc2)cc1)c1ccc(N(C)C)cc1. The highest BCUT2D eigenvalue weighted by Crippen LogP contribution is 2.33. The van der Waals surface area contributed by atoms with Gasteiger partial charge < -0.3 is 9.64 Å². The minimum absolute atomic E-state index is 0.420. The number of benzene rings is 3. The molecule has 0 radical (unpaired) electrons. The van der Waals surface area contributed by atoms with Crippen molar-refractivity contribution >= 4 is 5.69 Å². The van der Waals surface area contributed by atoms with E-state index in [0.717, 1.165) is 11.5 Å². The molecule has 0 aromatic heterocycles. The standard InChI is InChI=1S/C38H55NO/c1-4-5-6-7-8-9-10-11-12-13-14-15-16-17-21-24-38(33-25-29-35(30-26-33)39(2)3)34-27-31-37(32-28-34)40-36-22-19-18-20-23-36/h18-20,22-23,25-32,38H,4-17,21,24H2,1-3H3. The minimum Gasteiger partial charge on any atom is -0.457 e. The summed E-state index contributed by atoms with van der Waals surface area (Å²) in [4.78, 5) is 2.17. The Labute approximate surface area is 246 Å². The van der Waals surface area contributed by atoms with Gasteiger partial charge in [-0.25, -0.2) is 0 Å². The van der Waals surface area contributed by atoms with Crippen LogP contribution in [0, 0.1) is 0 Å². The summed E-state index contributed by atoms with van der Waals surface area (Å²) < 4.78 is 6.05. The Balaban J connectivity index is 1.40. The van der Waals surface area contributed by atoms with Gasteiger partial charge in [-0.05, 0) is 53.9 Å². The minimum atomic E-state index is 0.420. The molecule has 0 saturated carbocycles. The molecule has 0 spiro atoms. The van der Waals surface area contributed by atoms with E-state index in [1.54, 1.807) is 0 Å². The van der Waals surface area contributed by atoms with Crippen LogP contribution in [0.3, 0.4) is 0 Å². The van der Waals surface area contributed by atoms with Crippen LogP contribution in [0.1, 0.15) is 127 Å². The normalized spacial score (nSPS) is 11.9. The summed E-state index contributed by atoms with van der Waals surface area (Å²) in [5, 5.41) is 0. The summed E-state index contributed by atoms with van der Waals surface area (Å²) in [6.45, 7) is 2.30. The molecule has 3 rings (SSSR count). The maximum absolute atomic E-state index is 6.05. The van der Waals surface area contributed by atoms with Gasteiger partial charge in [0.1, 0.15) is 11.5 Å². The van der Waals surface area contributed by atoms with Crippen LogP contribution in [0.25, 0.3) is 0 Å². The number of hydrogen-bond acceptors (Lipinski definition) is 2. The highest BCUT2D eigenvalue weighted by atomic mass is 16.5. The Bertz CT molecular complexity index is 1010. The van der Waals surface area contributed by atoms with Crippen LogP contribution >= 0.6 is 0 Å². The van der Waals surface area contributed by atoms with Crippen molar-refractivity contribution in [2.45, 2.75) is 116 Å². The van der Waals surface area contributed by atoms with Crippen molar-refractivity contribution in [1.29, 1.82) is 0 Å². The van der Waals surface area contributed by atoms with Gasteiger partial charge in [0, 0.05) is 25.7 Å². The first kappa shape index (κ1) is 31.8. The molecule has 0 aliphatic carbocycles. The van der Waals surface area contributed by atoms with Crippen molar-refractivity contribution in [2.75, 3.05) is 19.0 Å². The highest BCUT2D eigenvalue weighted by Gasteiger charge is 2.15. The second kappa shape index (κ2) is 19.4. The van der Waals surface area contributed by atoms with Crippen LogP contribution in [0.15, 0.2) is 78.9 Å². The Morgan fingerprint density at radius 3 is 1.40 bits per heavy atom. The van der Waals surface area contributed by atoms with Crippen LogP contribution in [0.2, 0.25) is 0 Å². The van der Waals surface area contributed by atoms with Gasteiger partial charge in [0.05, 0.1) is 0 Å². The van der Waals surface area contributed by atoms with Crippen molar-refractivity contribution in [3.8, 4) is 11.5 Å². The van der Waals surface area contributed by atoms with Crippen LogP contribution in [-0.2, 0) is 0 Å². The molecule has 0 amide bonds. The third-order valence-electron chi connectivity index (χ3n) is 8.17. The van der Waals surface area contributed by atoms with E-state index in [-0.39, 0.29) is 0 Å². The van der Waals surface area contributed by atoms with Crippen molar-refractivity contribution in [3.63, 3.8) is 0 Å². The molecule has 218 valence electrons. The Hall–Kier alpha value is -2.74. The fourth-order valence-electron chi connectivity index (χ4n) is 5.64. The molecule has 3 aromatic carbocycles. The first-order valence-electron chi connectivity index (χ1n) is 16.3. The maximum atomic E-state index is 6.05. The molecule has 40 heavy (non-hydrogen) atoms. The lowest BCUT2D eigenvalue weighted by Crippen LogP contribution is -2.09. The fraction of sp³-hybridized carbons (Fsp3) is 0.526. The molecule has 1 atom stereocenters. The highest BCUT2D eigenvalue weighted by molar-refractivity contribution is 5.48. The number of rotatable bonds is 21. The number of anilines is 1. The molecule has 0 bridgehead atoms. The molecule has 0 saturated heterocycles. The number of nitrogens with zero attached hydrogens (tertiary/aromatic N) is 1. The molecule has 2 heteroatoms. The van der Waals surface area contributed by atoms with Crippen molar-refractivity contribution in [3.05, 3.63) is 90.0 Å². The topological polar surface area (TPSA) is 12.5 Å². The monoisotopic (exact) mass is 541 g/mol. The molecule has 3 aromatic rings. The van der Waals surface area contributed by atoms with E-state index in [1.165, 1.54) is 120 Å². The van der Waals surface area contributed by atoms with Crippen LogP contribution in [0.5, 0.6) is 11.5 Å². The van der Waals surface area contributed by atoms with Crippen molar-refractivity contribution in [1.82, 2.24) is 0 Å². The average molecular weight is 542 g/mol. The van der Waals surface area contributed by atoms with Gasteiger partial charge in [-0.2, -0.15) is 0 Å². The van der Waals surface area contributed by atoms with Crippen molar-refractivity contribution < 1.29 is 4.74 Å². The van der Waals surface area contributed by atoms with E-state index in [2.05, 4.69) is 74.4 Å². The molecule has 0 N–H and O–H groups in total. The Morgan fingerprint density at radius 1 is 0.500 bits per heavy atom. The number of ether oxygens (including phenoxy) is 1. The fourth-order valence-corrected chi connectivity index (χ4v) is 5.64. The quantitative estimate of drug-likeness (QED) is 0.124. The second-order valence-corrected chi connectivity index (χ2v) is 11.8. The van der Waals surface area contributed by atoms with Gasteiger partial charge >= 0.3 is 0 Å². The summed E-state index contributed by atoms with van der Waals surface area (Å²) in [7, 11) is 4.21. The second-order valence-electron chi connectivity index (χ2n) is 11.8. The lowest BCUT2D eigenvalue weighted by Gasteiger charge is -2.20. The zero-order valence-corrected chi connectivity index (χ0v) is 25.8. The number of unbranched alkanes of at least 4 members (excludes halogenated alkanes) is 14. The third-order valence-corrected chi connectivity index (χ3v) is 8.17. The predicted molar refractivity (Wildman–Crippen MR) is 175 cm³/mol. The van der Waals surface area contributed by atoms with Gasteiger partial charge in [0.15, 0.2) is 0 Å². The van der Waals surface area contributed by atoms with E-state index in [0.29, 0.717) is 5.92 Å². The zero-order valence-electron chi connectivity index (χ0n) is 25.8. The van der Waals surface area contributed by atoms with Gasteiger partial charge in [-0.3, -0.25) is 0 Å². The lowest BCUT2D eigenvalue weighted by molar-refractivity contribution is 0.482. The summed E-state index contributed by atoms with van der Waals surface area (Å²) in [5.74, 6) is 2.19. The first-order valence-corrected chi connectivity index (χ1v) is 16.3. The summed E-state index contributed by atoms with van der Waals surface area (Å²) in [5.41, 5.74) is 4.04. The van der Waals surface area contributed by atoms with E-state index < -0.39 is 0 Å². The largest absolute Gasteiger partial charge is 0.457 e. The molecule has 0 heterocycles. The summed E-state index contributed by atoms with van der Waals surface area (Å²) >= 11 is 0. The molecule has 0 aliphatic rings. The molecule has 2 nitrogen and oxygen atoms in total. The predicted octanol–water partition coefficient (Wildman–Crippen LogP) is 11.9. The van der Waals surface area contributed by atoms with E-state index in [4.69, 9.17) is 4.74 Å². The van der Waals surface area contributed by atoms with Gasteiger partial charge in [-0.15, -0.1) is 0 Å². The summed E-state index contributed by atoms with van der Waals surface area (Å²) in [6.07, 6.45) is 22.3. The smallest absolute Gasteiger partial charge is 0.127 e. The van der Waals surface area contributed by atoms with E-state index in [1.807, 2.05) is 30.3 Å². The maximum Gasteiger partial charge on any atom is 0.127 e. The molecule has 0 fully saturated rings. The first-order chi connectivity index (χ1) is 19.7. The average Bonchev–Trinajstić information content (AvgIpc) is 2.98. The molecule has 0 aliphatic heterocycles. The Kier molecular flexibility index (Phi) is 15.4. The van der Waals surface area contributed by atoms with Gasteiger partial charge in [0.2, 0.25) is 0 Å². The van der Waals surface area contributed by atoms with E-state index >= 15 is 0 Å². The number of para-hydroxylation sites is 1. The van der Waals surface area contributed by atoms with Gasteiger partial charge in [0.25, 0.3) is 0 Å². The van der Waals surface area contributed by atoms with Gasteiger partial charge in [-0.1, -0.05) is 146 Å². The van der Waals surface area contributed by atoms with E-state index in [9.17, 15) is 0 Å². The molecular formula is C38H55NO. The van der Waals surface area contributed by atoms with Crippen molar-refractivity contribution in [2.24, 2.45) is 0 Å². The zero-order chi connectivity index (χ0) is 28.3. The Morgan fingerprint density at radius 2 is 0.925 bits per heavy atom. The summed E-state index contributed by atoms with van der Waals surface area (Å²) in [6, 6.07) is 27.9. The lowest BCUT2D eigenvalue weighted by atomic mass is 9.86.